The Hall–Kier alpha value is -3.41. The Balaban J connectivity index is 1.71. The van der Waals surface area contributed by atoms with Crippen molar-refractivity contribution in [1.82, 2.24) is 0 Å². The number of amides is 2. The molecule has 3 aromatic rings. The fourth-order valence-corrected chi connectivity index (χ4v) is 3.70. The van der Waals surface area contributed by atoms with Crippen molar-refractivity contribution in [2.75, 3.05) is 17.3 Å². The molecule has 0 bridgehead atoms. The Morgan fingerprint density at radius 2 is 1.86 bits per heavy atom. The molecule has 1 N–H and O–H groups in total. The van der Waals surface area contributed by atoms with Crippen LogP contribution in [0.3, 0.4) is 0 Å². The molecule has 1 unspecified atom stereocenters. The largest absolute Gasteiger partial charge is 0.423 e. The lowest BCUT2D eigenvalue weighted by Crippen LogP contribution is -2.37. The molecular weight excluding hydrogens is 356 g/mol. The normalized spacial score (nSPS) is 16.2. The van der Waals surface area contributed by atoms with Crippen LogP contribution in [0.15, 0.2) is 51.7 Å². The van der Waals surface area contributed by atoms with E-state index in [1.54, 1.807) is 18.0 Å². The second-order valence-electron chi connectivity index (χ2n) is 7.17. The smallest absolute Gasteiger partial charge is 0.336 e. The fraction of sp³-hybridized carbons (Fsp3) is 0.227. The lowest BCUT2D eigenvalue weighted by Gasteiger charge is -2.31. The molecule has 0 spiro atoms. The van der Waals surface area contributed by atoms with E-state index >= 15 is 0 Å². The van der Waals surface area contributed by atoms with Crippen molar-refractivity contribution in [1.29, 1.82) is 0 Å². The van der Waals surface area contributed by atoms with Crippen molar-refractivity contribution in [3.63, 3.8) is 0 Å². The van der Waals surface area contributed by atoms with Gasteiger partial charge in [0.05, 0.1) is 5.92 Å². The van der Waals surface area contributed by atoms with Gasteiger partial charge in [0, 0.05) is 36.3 Å². The van der Waals surface area contributed by atoms with Crippen molar-refractivity contribution in [3.8, 4) is 0 Å². The zero-order valence-corrected chi connectivity index (χ0v) is 15.9. The molecule has 1 aliphatic heterocycles. The number of benzene rings is 2. The van der Waals surface area contributed by atoms with Crippen LogP contribution in [0.25, 0.3) is 11.0 Å². The van der Waals surface area contributed by atoms with Crippen LogP contribution < -0.4 is 15.8 Å². The van der Waals surface area contributed by atoms with Crippen LogP contribution in [0.4, 0.5) is 11.4 Å². The average Bonchev–Trinajstić information content (AvgIpc) is 2.65. The summed E-state index contributed by atoms with van der Waals surface area (Å²) in [5.41, 5.74) is 3.87. The van der Waals surface area contributed by atoms with Crippen LogP contribution in [0.5, 0.6) is 0 Å². The summed E-state index contributed by atoms with van der Waals surface area (Å²) in [6.45, 7) is 3.66. The van der Waals surface area contributed by atoms with Gasteiger partial charge in [-0.1, -0.05) is 18.2 Å². The number of nitrogens with zero attached hydrogens (tertiary/aromatic N) is 1. The van der Waals surface area contributed by atoms with Crippen LogP contribution in [-0.2, 0) is 9.59 Å². The Labute approximate surface area is 161 Å². The molecule has 2 heterocycles. The maximum Gasteiger partial charge on any atom is 0.336 e. The van der Waals surface area contributed by atoms with E-state index < -0.39 is 11.5 Å². The minimum Gasteiger partial charge on any atom is -0.423 e. The lowest BCUT2D eigenvalue weighted by molar-refractivity contribution is -0.124. The van der Waals surface area contributed by atoms with E-state index in [1.165, 1.54) is 6.07 Å². The topological polar surface area (TPSA) is 79.6 Å². The van der Waals surface area contributed by atoms with Crippen LogP contribution in [0.1, 0.15) is 29.0 Å². The van der Waals surface area contributed by atoms with Crippen molar-refractivity contribution in [2.24, 2.45) is 0 Å². The first-order chi connectivity index (χ1) is 13.3. The third-order valence-electron chi connectivity index (χ3n) is 5.30. The predicted molar refractivity (Wildman–Crippen MR) is 108 cm³/mol. The van der Waals surface area contributed by atoms with E-state index in [1.807, 2.05) is 44.2 Å². The Bertz CT molecular complexity index is 1180. The van der Waals surface area contributed by atoms with E-state index in [0.29, 0.717) is 11.3 Å². The highest BCUT2D eigenvalue weighted by atomic mass is 16.4. The number of nitrogens with one attached hydrogen (secondary N) is 1. The minimum absolute atomic E-state index is 0.0910. The van der Waals surface area contributed by atoms with Gasteiger partial charge < -0.3 is 14.6 Å². The highest BCUT2D eigenvalue weighted by Crippen LogP contribution is 2.36. The van der Waals surface area contributed by atoms with E-state index in [0.717, 1.165) is 27.8 Å². The van der Waals surface area contributed by atoms with Gasteiger partial charge >= 0.3 is 5.63 Å². The van der Waals surface area contributed by atoms with Gasteiger partial charge in [-0.3, -0.25) is 9.59 Å². The van der Waals surface area contributed by atoms with Crippen LogP contribution in [-0.4, -0.2) is 18.9 Å². The summed E-state index contributed by atoms with van der Waals surface area (Å²) in [7, 11) is 1.72. The molecule has 0 aliphatic carbocycles. The van der Waals surface area contributed by atoms with Crippen molar-refractivity contribution in [2.45, 2.75) is 26.2 Å². The highest BCUT2D eigenvalue weighted by molar-refractivity contribution is 6.06. The molecule has 1 aliphatic rings. The molecule has 4 rings (SSSR count). The molecule has 1 atom stereocenters. The first-order valence-electron chi connectivity index (χ1n) is 9.06. The number of rotatable bonds is 2. The molecule has 1 aromatic heterocycles. The molecular formula is C22H20N2O4. The molecule has 2 amide bonds. The molecule has 28 heavy (non-hydrogen) atoms. The van der Waals surface area contributed by atoms with Crippen LogP contribution in [0, 0.1) is 13.8 Å². The zero-order valence-electron chi connectivity index (χ0n) is 15.9. The third-order valence-corrected chi connectivity index (χ3v) is 5.30. The summed E-state index contributed by atoms with van der Waals surface area (Å²) in [4.78, 5) is 38.6. The van der Waals surface area contributed by atoms with Gasteiger partial charge in [-0.05, 0) is 48.7 Å². The molecule has 2 aromatic carbocycles. The number of hydrogen-bond acceptors (Lipinski definition) is 4. The van der Waals surface area contributed by atoms with E-state index in [4.69, 9.17) is 4.42 Å². The van der Waals surface area contributed by atoms with Crippen molar-refractivity contribution >= 4 is 34.2 Å². The summed E-state index contributed by atoms with van der Waals surface area (Å²) >= 11 is 0. The van der Waals surface area contributed by atoms with Crippen LogP contribution >= 0.6 is 0 Å². The monoisotopic (exact) mass is 376 g/mol. The molecule has 0 saturated carbocycles. The van der Waals surface area contributed by atoms with Gasteiger partial charge in [-0.15, -0.1) is 0 Å². The van der Waals surface area contributed by atoms with Gasteiger partial charge in [-0.25, -0.2) is 4.79 Å². The average molecular weight is 376 g/mol. The fourth-order valence-electron chi connectivity index (χ4n) is 3.70. The molecule has 6 nitrogen and oxygen atoms in total. The first kappa shape index (κ1) is 18.0. The van der Waals surface area contributed by atoms with Crippen molar-refractivity contribution < 1.29 is 14.0 Å². The van der Waals surface area contributed by atoms with Gasteiger partial charge in [0.25, 0.3) is 0 Å². The van der Waals surface area contributed by atoms with E-state index in [-0.39, 0.29) is 18.2 Å². The molecule has 142 valence electrons. The van der Waals surface area contributed by atoms with Crippen molar-refractivity contribution in [3.05, 3.63) is 69.6 Å². The van der Waals surface area contributed by atoms with Gasteiger partial charge in [0.15, 0.2) is 0 Å². The maximum atomic E-state index is 13.1. The van der Waals surface area contributed by atoms with Gasteiger partial charge in [-0.2, -0.15) is 0 Å². The SMILES string of the molecule is Cc1cc2oc(=O)cc(C)c2cc1NC(=O)C1CC(=O)N(C)c2ccccc21. The first-order valence-corrected chi connectivity index (χ1v) is 9.06. The van der Waals surface area contributed by atoms with E-state index in [2.05, 4.69) is 5.32 Å². The van der Waals surface area contributed by atoms with Gasteiger partial charge in [0.2, 0.25) is 11.8 Å². The number of para-hydroxylation sites is 1. The number of aryl methyl sites for hydroxylation is 2. The summed E-state index contributed by atoms with van der Waals surface area (Å²) in [5.74, 6) is -0.872. The van der Waals surface area contributed by atoms with E-state index in [9.17, 15) is 14.4 Å². The summed E-state index contributed by atoms with van der Waals surface area (Å²) in [6, 6.07) is 12.4. The van der Waals surface area contributed by atoms with Crippen LogP contribution in [0.2, 0.25) is 0 Å². The van der Waals surface area contributed by atoms with Gasteiger partial charge in [0.1, 0.15) is 5.58 Å². The standard InChI is InChI=1S/C22H20N2O4/c1-12-9-21(26)28-19-8-13(2)17(10-15(12)19)23-22(27)16-11-20(25)24(3)18-7-5-4-6-14(16)18/h4-10,16H,11H2,1-3H3,(H,23,27). The second kappa shape index (κ2) is 6.64. The maximum absolute atomic E-state index is 13.1. The molecule has 0 radical (unpaired) electrons. The molecule has 0 fully saturated rings. The summed E-state index contributed by atoms with van der Waals surface area (Å²) < 4.78 is 5.25. The Morgan fingerprint density at radius 3 is 2.64 bits per heavy atom. The summed E-state index contributed by atoms with van der Waals surface area (Å²) in [6.07, 6.45) is 0.125. The summed E-state index contributed by atoms with van der Waals surface area (Å²) in [5, 5.41) is 3.72. The Kier molecular flexibility index (Phi) is 4.26. The number of hydrogen-bond donors (Lipinski definition) is 1. The lowest BCUT2D eigenvalue weighted by atomic mass is 9.88. The number of carbonyl (C=O) groups is 2. The predicted octanol–water partition coefficient (Wildman–Crippen LogP) is 3.50. The minimum atomic E-state index is -0.551. The molecule has 6 heteroatoms. The zero-order chi connectivity index (χ0) is 20.0. The Morgan fingerprint density at radius 1 is 1.11 bits per heavy atom. The quantitative estimate of drug-likeness (QED) is 0.694. The highest BCUT2D eigenvalue weighted by Gasteiger charge is 2.33. The number of anilines is 2. The second-order valence-corrected chi connectivity index (χ2v) is 7.17. The number of carbonyl (C=O) groups excluding carboxylic acids is 2. The molecule has 0 saturated heterocycles. The third kappa shape index (κ3) is 2.97. The number of fused-ring (bicyclic) bond motifs is 2.